The summed E-state index contributed by atoms with van der Waals surface area (Å²) in [5, 5.41) is 19.3. The molecule has 0 aromatic rings. The van der Waals surface area contributed by atoms with Gasteiger partial charge in [-0.05, 0) is 12.8 Å². The first kappa shape index (κ1) is 62.0. The first-order valence-electron chi connectivity index (χ1n) is 27.0. The maximum Gasteiger partial charge on any atom is 0.472 e. The SMILES string of the molecule is CCCCCCCCCCCCCCCCCCCCCCCCCC(=O)OC(CO)COP(=O)(O)OCC(CO)OC(=O)CCCCCCCCCCCCCCCCCCC. The Bertz CT molecular complexity index is 1010. The van der Waals surface area contributed by atoms with Gasteiger partial charge in [0, 0.05) is 12.8 Å². The average Bonchev–Trinajstić information content (AvgIpc) is 3.27. The Labute approximate surface area is 388 Å². The lowest BCUT2D eigenvalue weighted by atomic mass is 10.0. The number of ether oxygens (including phenoxy) is 2. The zero-order chi connectivity index (χ0) is 46.2. The number of hydrogen-bond acceptors (Lipinski definition) is 9. The highest BCUT2D eigenvalue weighted by atomic mass is 31.2. The number of esters is 2. The van der Waals surface area contributed by atoms with Crippen molar-refractivity contribution in [1.82, 2.24) is 0 Å². The highest BCUT2D eigenvalue weighted by Crippen LogP contribution is 2.43. The van der Waals surface area contributed by atoms with Crippen LogP contribution in [-0.4, -0.2) is 65.7 Å². The van der Waals surface area contributed by atoms with Crippen molar-refractivity contribution in [2.75, 3.05) is 26.4 Å². The third-order valence-electron chi connectivity index (χ3n) is 12.3. The van der Waals surface area contributed by atoms with E-state index in [0.29, 0.717) is 12.8 Å². The molecule has 0 radical (unpaired) electrons. The van der Waals surface area contributed by atoms with E-state index >= 15 is 0 Å². The van der Waals surface area contributed by atoms with E-state index in [-0.39, 0.29) is 12.8 Å². The van der Waals surface area contributed by atoms with Gasteiger partial charge in [-0.15, -0.1) is 0 Å². The molecule has 0 aliphatic heterocycles. The minimum atomic E-state index is -4.63. The van der Waals surface area contributed by atoms with Crippen molar-refractivity contribution in [2.45, 2.75) is 296 Å². The maximum atomic E-state index is 12.4. The van der Waals surface area contributed by atoms with E-state index in [1.807, 2.05) is 0 Å². The molecule has 0 spiro atoms. The normalized spacial score (nSPS) is 13.5. The Morgan fingerprint density at radius 2 is 0.556 bits per heavy atom. The van der Waals surface area contributed by atoms with E-state index in [1.54, 1.807) is 0 Å². The Balaban J connectivity index is 3.75. The second kappa shape index (κ2) is 48.9. The predicted octanol–water partition coefficient (Wildman–Crippen LogP) is 15.4. The summed E-state index contributed by atoms with van der Waals surface area (Å²) in [6.45, 7) is 2.29. The summed E-state index contributed by atoms with van der Waals surface area (Å²) in [6, 6.07) is 0. The molecule has 63 heavy (non-hydrogen) atoms. The minimum absolute atomic E-state index is 0.200. The van der Waals surface area contributed by atoms with Gasteiger partial charge in [-0.3, -0.25) is 18.6 Å². The van der Waals surface area contributed by atoms with Gasteiger partial charge in [0.05, 0.1) is 26.4 Å². The molecule has 0 amide bonds. The highest BCUT2D eigenvalue weighted by Gasteiger charge is 2.27. The summed E-state index contributed by atoms with van der Waals surface area (Å²) < 4.78 is 32.8. The number of phosphoric acid groups is 1. The van der Waals surface area contributed by atoms with Gasteiger partial charge in [-0.1, -0.05) is 258 Å². The summed E-state index contributed by atoms with van der Waals surface area (Å²) in [6.07, 6.45) is 49.4. The van der Waals surface area contributed by atoms with Crippen LogP contribution < -0.4 is 0 Å². The van der Waals surface area contributed by atoms with E-state index in [0.717, 1.165) is 38.5 Å². The van der Waals surface area contributed by atoms with E-state index in [9.17, 15) is 29.3 Å². The highest BCUT2D eigenvalue weighted by molar-refractivity contribution is 7.47. The molecular formula is C52H103O10P. The number of aliphatic hydroxyl groups is 2. The van der Waals surface area contributed by atoms with Crippen molar-refractivity contribution in [2.24, 2.45) is 0 Å². The Morgan fingerprint density at radius 1 is 0.365 bits per heavy atom. The summed E-state index contributed by atoms with van der Waals surface area (Å²) >= 11 is 0. The maximum absolute atomic E-state index is 12.4. The third-order valence-corrected chi connectivity index (χ3v) is 13.3. The lowest BCUT2D eigenvalue weighted by Gasteiger charge is -2.20. The minimum Gasteiger partial charge on any atom is -0.457 e. The van der Waals surface area contributed by atoms with Crippen LogP contribution in [0.1, 0.15) is 284 Å². The summed E-state index contributed by atoms with van der Waals surface area (Å²) in [4.78, 5) is 34.7. The van der Waals surface area contributed by atoms with Gasteiger partial charge >= 0.3 is 19.8 Å². The van der Waals surface area contributed by atoms with E-state index in [2.05, 4.69) is 13.8 Å². The number of phosphoric ester groups is 1. The Kier molecular flexibility index (Phi) is 48.1. The zero-order valence-electron chi connectivity index (χ0n) is 41.3. The molecular weight excluding hydrogens is 816 g/mol. The molecule has 0 saturated heterocycles. The number of rotatable bonds is 52. The molecule has 376 valence electrons. The largest absolute Gasteiger partial charge is 0.472 e. The fourth-order valence-electron chi connectivity index (χ4n) is 8.18. The van der Waals surface area contributed by atoms with E-state index in [1.165, 1.54) is 205 Å². The van der Waals surface area contributed by atoms with Crippen molar-refractivity contribution in [1.29, 1.82) is 0 Å². The fourth-order valence-corrected chi connectivity index (χ4v) is 8.96. The van der Waals surface area contributed by atoms with Crippen molar-refractivity contribution >= 4 is 19.8 Å². The van der Waals surface area contributed by atoms with Crippen LogP contribution in [0, 0.1) is 0 Å². The smallest absolute Gasteiger partial charge is 0.457 e. The number of hydrogen-bond donors (Lipinski definition) is 3. The topological polar surface area (TPSA) is 149 Å². The van der Waals surface area contributed by atoms with Gasteiger partial charge in [0.25, 0.3) is 0 Å². The molecule has 11 heteroatoms. The summed E-state index contributed by atoms with van der Waals surface area (Å²) in [7, 11) is -4.63. The second-order valence-corrected chi connectivity index (χ2v) is 20.0. The van der Waals surface area contributed by atoms with Gasteiger partial charge < -0.3 is 24.6 Å². The van der Waals surface area contributed by atoms with Crippen LogP contribution in [0.15, 0.2) is 0 Å². The molecule has 0 aliphatic rings. The number of unbranched alkanes of at least 4 members (excludes halogenated alkanes) is 38. The molecule has 0 saturated carbocycles. The van der Waals surface area contributed by atoms with Gasteiger partial charge in [-0.2, -0.15) is 0 Å². The number of aliphatic hydroxyl groups excluding tert-OH is 2. The molecule has 0 aliphatic carbocycles. The Morgan fingerprint density at radius 3 is 0.746 bits per heavy atom. The monoisotopic (exact) mass is 919 g/mol. The lowest BCUT2D eigenvalue weighted by Crippen LogP contribution is -2.28. The van der Waals surface area contributed by atoms with Gasteiger partial charge in [-0.25, -0.2) is 4.57 Å². The van der Waals surface area contributed by atoms with Crippen LogP contribution in [0.3, 0.4) is 0 Å². The van der Waals surface area contributed by atoms with Crippen LogP contribution in [0.2, 0.25) is 0 Å². The molecule has 3 N–H and O–H groups in total. The summed E-state index contributed by atoms with van der Waals surface area (Å²) in [5.41, 5.74) is 0. The number of carbonyl (C=O) groups is 2. The predicted molar refractivity (Wildman–Crippen MR) is 261 cm³/mol. The standard InChI is InChI=1S/C52H103O10P/c1-3-5-7-9-11-13-15-17-19-21-22-23-24-25-26-28-30-32-34-36-38-40-42-44-52(56)62-50(46-54)48-60-63(57,58)59-47-49(45-53)61-51(55)43-41-39-37-35-33-31-29-27-20-18-16-14-12-10-8-6-4-2/h49-50,53-54H,3-48H2,1-2H3,(H,57,58). The summed E-state index contributed by atoms with van der Waals surface area (Å²) in [5.74, 6) is -0.998. The van der Waals surface area contributed by atoms with Crippen LogP contribution >= 0.6 is 7.82 Å². The van der Waals surface area contributed by atoms with Crippen molar-refractivity contribution < 1.29 is 47.8 Å². The quantitative estimate of drug-likeness (QED) is 0.0306. The first-order chi connectivity index (χ1) is 30.8. The second-order valence-electron chi connectivity index (χ2n) is 18.6. The fraction of sp³-hybridized carbons (Fsp3) is 0.962. The molecule has 3 unspecified atom stereocenters. The molecule has 10 nitrogen and oxygen atoms in total. The zero-order valence-corrected chi connectivity index (χ0v) is 42.2. The first-order valence-corrected chi connectivity index (χ1v) is 28.5. The molecule has 0 rings (SSSR count). The molecule has 0 fully saturated rings. The van der Waals surface area contributed by atoms with Gasteiger partial charge in [0.15, 0.2) is 0 Å². The van der Waals surface area contributed by atoms with Crippen LogP contribution in [-0.2, 0) is 32.7 Å². The van der Waals surface area contributed by atoms with Crippen LogP contribution in [0.5, 0.6) is 0 Å². The average molecular weight is 919 g/mol. The molecule has 3 atom stereocenters. The van der Waals surface area contributed by atoms with Crippen molar-refractivity contribution in [3.05, 3.63) is 0 Å². The van der Waals surface area contributed by atoms with Crippen molar-refractivity contribution in [3.63, 3.8) is 0 Å². The van der Waals surface area contributed by atoms with E-state index < -0.39 is 58.4 Å². The molecule has 0 aromatic carbocycles. The van der Waals surface area contributed by atoms with Crippen LogP contribution in [0.25, 0.3) is 0 Å². The third kappa shape index (κ3) is 47.3. The molecule has 0 aromatic heterocycles. The number of carbonyl (C=O) groups excluding carboxylic acids is 2. The molecule has 0 heterocycles. The van der Waals surface area contributed by atoms with Gasteiger partial charge in [0.2, 0.25) is 0 Å². The van der Waals surface area contributed by atoms with Crippen molar-refractivity contribution in [3.8, 4) is 0 Å². The Hall–Kier alpha value is -1.03. The van der Waals surface area contributed by atoms with Crippen LogP contribution in [0.4, 0.5) is 0 Å². The molecule has 0 bridgehead atoms. The van der Waals surface area contributed by atoms with Gasteiger partial charge in [0.1, 0.15) is 12.2 Å². The van der Waals surface area contributed by atoms with E-state index in [4.69, 9.17) is 18.5 Å². The lowest BCUT2D eigenvalue weighted by molar-refractivity contribution is -0.153.